The summed E-state index contributed by atoms with van der Waals surface area (Å²) in [4.78, 5) is 10.7. The van der Waals surface area contributed by atoms with Crippen LogP contribution in [0.3, 0.4) is 0 Å². The first-order chi connectivity index (χ1) is 11.1. The highest BCUT2D eigenvalue weighted by atomic mass is 16.6. The largest absolute Gasteiger partial charge is 0.359 e. The van der Waals surface area contributed by atoms with Crippen molar-refractivity contribution in [2.45, 2.75) is 13.5 Å². The van der Waals surface area contributed by atoms with Crippen molar-refractivity contribution >= 4 is 11.5 Å². The van der Waals surface area contributed by atoms with Crippen molar-refractivity contribution < 1.29 is 9.45 Å². The highest BCUT2D eigenvalue weighted by Gasteiger charge is 2.23. The summed E-state index contributed by atoms with van der Waals surface area (Å²) in [5.74, 6) is 0.995. The van der Waals surface area contributed by atoms with E-state index in [1.165, 1.54) is 4.68 Å². The number of hydrogen-bond acceptors (Lipinski definition) is 6. The second-order valence-electron chi connectivity index (χ2n) is 5.07. The summed E-state index contributed by atoms with van der Waals surface area (Å²) in [6.45, 7) is 1.91. The standard InChI is InChI=1S/C15H15N5O3/c1-10-14(20(21)22)15(19(2)17-10)16-9-12-8-13(23-18-12)11-6-4-3-5-7-11/h3-8,16H,9H2,1-2H3. The van der Waals surface area contributed by atoms with Crippen LogP contribution in [0.15, 0.2) is 40.9 Å². The highest BCUT2D eigenvalue weighted by Crippen LogP contribution is 2.28. The number of nitrogens with one attached hydrogen (secondary N) is 1. The molecule has 8 heteroatoms. The smallest absolute Gasteiger partial charge is 0.333 e. The predicted octanol–water partition coefficient (Wildman–Crippen LogP) is 2.90. The predicted molar refractivity (Wildman–Crippen MR) is 83.9 cm³/mol. The van der Waals surface area contributed by atoms with Gasteiger partial charge in [-0.3, -0.25) is 10.1 Å². The Balaban J connectivity index is 1.78. The molecule has 2 aromatic heterocycles. The molecule has 0 saturated heterocycles. The number of aryl methyl sites for hydroxylation is 2. The maximum Gasteiger partial charge on any atom is 0.333 e. The lowest BCUT2D eigenvalue weighted by Gasteiger charge is -2.03. The second kappa shape index (κ2) is 5.91. The Labute approximate surface area is 131 Å². The van der Waals surface area contributed by atoms with Gasteiger partial charge in [-0.25, -0.2) is 4.68 Å². The Kier molecular flexibility index (Phi) is 3.80. The minimum absolute atomic E-state index is 0.0284. The van der Waals surface area contributed by atoms with Crippen LogP contribution in [0.1, 0.15) is 11.4 Å². The van der Waals surface area contributed by atoms with Crippen LogP contribution in [0.2, 0.25) is 0 Å². The number of nitro groups is 1. The molecule has 0 aliphatic carbocycles. The molecule has 0 aliphatic heterocycles. The molecule has 1 N–H and O–H groups in total. The van der Waals surface area contributed by atoms with E-state index in [4.69, 9.17) is 4.52 Å². The van der Waals surface area contributed by atoms with E-state index in [0.717, 1.165) is 5.56 Å². The molecule has 0 spiro atoms. The molecule has 23 heavy (non-hydrogen) atoms. The minimum Gasteiger partial charge on any atom is -0.359 e. The van der Waals surface area contributed by atoms with Crippen LogP contribution in [0.4, 0.5) is 11.5 Å². The maximum atomic E-state index is 11.1. The molecule has 0 fully saturated rings. The van der Waals surface area contributed by atoms with Crippen molar-refractivity contribution in [2.75, 3.05) is 5.32 Å². The Morgan fingerprint density at radius 2 is 2.09 bits per heavy atom. The Morgan fingerprint density at radius 1 is 1.35 bits per heavy atom. The second-order valence-corrected chi connectivity index (χ2v) is 5.07. The summed E-state index contributed by atoms with van der Waals surface area (Å²) >= 11 is 0. The monoisotopic (exact) mass is 313 g/mol. The molecule has 0 radical (unpaired) electrons. The number of benzene rings is 1. The molecule has 0 unspecified atom stereocenters. The fourth-order valence-electron chi connectivity index (χ4n) is 2.37. The molecule has 0 amide bonds. The summed E-state index contributed by atoms with van der Waals surface area (Å²) in [5, 5.41) is 22.2. The summed E-state index contributed by atoms with van der Waals surface area (Å²) in [6.07, 6.45) is 0. The number of rotatable bonds is 5. The zero-order valence-electron chi connectivity index (χ0n) is 12.7. The molecule has 8 nitrogen and oxygen atoms in total. The zero-order chi connectivity index (χ0) is 16.4. The molecule has 0 atom stereocenters. The van der Waals surface area contributed by atoms with Crippen molar-refractivity contribution in [1.29, 1.82) is 0 Å². The average Bonchev–Trinajstić information content (AvgIpc) is 3.10. The normalized spacial score (nSPS) is 10.7. The zero-order valence-corrected chi connectivity index (χ0v) is 12.7. The van der Waals surface area contributed by atoms with Gasteiger partial charge >= 0.3 is 5.69 Å². The van der Waals surface area contributed by atoms with Gasteiger partial charge in [0.1, 0.15) is 11.4 Å². The van der Waals surface area contributed by atoms with Gasteiger partial charge in [-0.05, 0) is 6.92 Å². The first kappa shape index (κ1) is 14.8. The van der Waals surface area contributed by atoms with Crippen molar-refractivity contribution in [3.8, 4) is 11.3 Å². The van der Waals surface area contributed by atoms with Crippen LogP contribution in [0.25, 0.3) is 11.3 Å². The van der Waals surface area contributed by atoms with Gasteiger partial charge in [-0.2, -0.15) is 5.10 Å². The van der Waals surface area contributed by atoms with Crippen LogP contribution in [-0.2, 0) is 13.6 Å². The Bertz CT molecular complexity index is 838. The van der Waals surface area contributed by atoms with Gasteiger partial charge in [0.2, 0.25) is 5.82 Å². The SMILES string of the molecule is Cc1nn(C)c(NCc2cc(-c3ccccc3)on2)c1[N+](=O)[O-]. The lowest BCUT2D eigenvalue weighted by Crippen LogP contribution is -2.06. The lowest BCUT2D eigenvalue weighted by atomic mass is 10.2. The van der Waals surface area contributed by atoms with E-state index in [1.54, 1.807) is 20.0 Å². The molecular formula is C15H15N5O3. The Hall–Kier alpha value is -3.16. The minimum atomic E-state index is -0.442. The van der Waals surface area contributed by atoms with Gasteiger partial charge in [-0.1, -0.05) is 35.5 Å². The Morgan fingerprint density at radius 3 is 2.78 bits per heavy atom. The van der Waals surface area contributed by atoms with E-state index in [1.807, 2.05) is 30.3 Å². The third kappa shape index (κ3) is 2.91. The third-order valence-corrected chi connectivity index (χ3v) is 3.43. The quantitative estimate of drug-likeness (QED) is 0.574. The van der Waals surface area contributed by atoms with Crippen LogP contribution in [0, 0.1) is 17.0 Å². The van der Waals surface area contributed by atoms with Crippen molar-refractivity contribution in [3.63, 3.8) is 0 Å². The van der Waals surface area contributed by atoms with Gasteiger partial charge < -0.3 is 9.84 Å². The summed E-state index contributed by atoms with van der Waals surface area (Å²) in [5.41, 5.74) is 1.91. The van der Waals surface area contributed by atoms with Gasteiger partial charge in [0, 0.05) is 18.7 Å². The molecule has 3 rings (SSSR count). The number of hydrogen-bond donors (Lipinski definition) is 1. The maximum absolute atomic E-state index is 11.1. The van der Waals surface area contributed by atoms with E-state index in [9.17, 15) is 10.1 Å². The highest BCUT2D eigenvalue weighted by molar-refractivity contribution is 5.60. The van der Waals surface area contributed by atoms with Crippen molar-refractivity contribution in [3.05, 3.63) is 57.9 Å². The van der Waals surface area contributed by atoms with Gasteiger partial charge in [0.05, 0.1) is 11.5 Å². The van der Waals surface area contributed by atoms with E-state index in [2.05, 4.69) is 15.6 Å². The van der Waals surface area contributed by atoms with Gasteiger partial charge in [-0.15, -0.1) is 0 Å². The molecule has 0 saturated carbocycles. The van der Waals surface area contributed by atoms with Gasteiger partial charge in [0.15, 0.2) is 5.76 Å². The molecule has 1 aromatic carbocycles. The van der Waals surface area contributed by atoms with Crippen molar-refractivity contribution in [2.24, 2.45) is 7.05 Å². The van der Waals surface area contributed by atoms with E-state index in [0.29, 0.717) is 29.5 Å². The fourth-order valence-corrected chi connectivity index (χ4v) is 2.37. The molecule has 118 valence electrons. The van der Waals surface area contributed by atoms with E-state index >= 15 is 0 Å². The number of anilines is 1. The van der Waals surface area contributed by atoms with Crippen LogP contribution >= 0.6 is 0 Å². The van der Waals surface area contributed by atoms with Crippen LogP contribution < -0.4 is 5.32 Å². The number of nitrogens with zero attached hydrogens (tertiary/aromatic N) is 4. The van der Waals surface area contributed by atoms with Crippen molar-refractivity contribution in [1.82, 2.24) is 14.9 Å². The van der Waals surface area contributed by atoms with Crippen LogP contribution in [0.5, 0.6) is 0 Å². The summed E-state index contributed by atoms with van der Waals surface area (Å²) in [6, 6.07) is 11.4. The average molecular weight is 313 g/mol. The van der Waals surface area contributed by atoms with Crippen LogP contribution in [-0.4, -0.2) is 19.9 Å². The lowest BCUT2D eigenvalue weighted by molar-refractivity contribution is -0.384. The first-order valence-electron chi connectivity index (χ1n) is 6.99. The van der Waals surface area contributed by atoms with Gasteiger partial charge in [0.25, 0.3) is 0 Å². The first-order valence-corrected chi connectivity index (χ1v) is 6.99. The topological polar surface area (TPSA) is 99.0 Å². The molecule has 0 aliphatic rings. The fraction of sp³-hybridized carbons (Fsp3) is 0.200. The summed E-state index contributed by atoms with van der Waals surface area (Å²) in [7, 11) is 1.65. The molecular weight excluding hydrogens is 298 g/mol. The number of aromatic nitrogens is 3. The molecule has 0 bridgehead atoms. The summed E-state index contributed by atoms with van der Waals surface area (Å²) < 4.78 is 6.76. The molecule has 3 aromatic rings. The van der Waals surface area contributed by atoms with E-state index in [-0.39, 0.29) is 5.69 Å². The third-order valence-electron chi connectivity index (χ3n) is 3.43. The molecule has 2 heterocycles. The van der Waals surface area contributed by atoms with E-state index < -0.39 is 4.92 Å².